The van der Waals surface area contributed by atoms with E-state index in [1.807, 2.05) is 12.1 Å². The molecule has 0 aromatic heterocycles. The number of esters is 1. The van der Waals surface area contributed by atoms with E-state index in [1.165, 1.54) is 24.3 Å². The highest BCUT2D eigenvalue weighted by Crippen LogP contribution is 2.18. The number of carbonyl (C=O) groups excluding carboxylic acids is 2. The van der Waals surface area contributed by atoms with Gasteiger partial charge in [0.25, 0.3) is 5.69 Å². The topological polar surface area (TPSA) is 86.5 Å². The molecule has 0 saturated heterocycles. The van der Waals surface area contributed by atoms with Crippen molar-refractivity contribution in [1.29, 1.82) is 0 Å². The lowest BCUT2D eigenvalue weighted by Gasteiger charge is -2.04. The maximum atomic E-state index is 12.0. The Kier molecular flexibility index (Phi) is 6.79. The van der Waals surface area contributed by atoms with E-state index in [0.29, 0.717) is 5.56 Å². The second-order valence-corrected chi connectivity index (χ2v) is 5.63. The van der Waals surface area contributed by atoms with Crippen LogP contribution in [0.25, 0.3) is 6.08 Å². The lowest BCUT2D eigenvalue weighted by atomic mass is 10.1. The van der Waals surface area contributed by atoms with E-state index in [1.54, 1.807) is 18.2 Å². The number of hydrogen-bond donors (Lipinski definition) is 0. The first-order valence-corrected chi connectivity index (χ1v) is 8.21. The van der Waals surface area contributed by atoms with Crippen molar-refractivity contribution >= 4 is 23.5 Å². The molecule has 0 unspecified atom stereocenters. The van der Waals surface area contributed by atoms with Crippen LogP contribution in [0.2, 0.25) is 0 Å². The minimum absolute atomic E-state index is 0.111. The molecule has 6 heteroatoms. The Hall–Kier alpha value is -3.28. The maximum absolute atomic E-state index is 12.0. The van der Waals surface area contributed by atoms with Crippen molar-refractivity contribution in [3.63, 3.8) is 0 Å². The number of rotatable bonds is 8. The Labute approximate surface area is 151 Å². The van der Waals surface area contributed by atoms with Crippen LogP contribution in [-0.2, 0) is 16.0 Å². The van der Waals surface area contributed by atoms with E-state index in [2.05, 4.69) is 6.92 Å². The zero-order valence-corrected chi connectivity index (χ0v) is 14.4. The first kappa shape index (κ1) is 19.1. The summed E-state index contributed by atoms with van der Waals surface area (Å²) in [4.78, 5) is 34.2. The van der Waals surface area contributed by atoms with Crippen molar-refractivity contribution in [2.24, 2.45) is 0 Å². The van der Waals surface area contributed by atoms with Crippen LogP contribution in [0.4, 0.5) is 5.69 Å². The number of nitrogens with zero attached hydrogens (tertiary/aromatic N) is 1. The molecule has 0 aliphatic rings. The predicted molar refractivity (Wildman–Crippen MR) is 97.9 cm³/mol. The molecule has 0 N–H and O–H groups in total. The SMILES string of the molecule is CCCc1ccc(C(=O)COC(=O)/C=C/c2ccccc2[N+](=O)[O-])cc1. The van der Waals surface area contributed by atoms with Gasteiger partial charge in [-0.1, -0.05) is 49.7 Å². The van der Waals surface area contributed by atoms with Crippen LogP contribution >= 0.6 is 0 Å². The van der Waals surface area contributed by atoms with Gasteiger partial charge in [0.2, 0.25) is 0 Å². The number of aryl methyl sites for hydroxylation is 1. The first-order chi connectivity index (χ1) is 12.5. The van der Waals surface area contributed by atoms with Crippen LogP contribution in [0.3, 0.4) is 0 Å². The van der Waals surface area contributed by atoms with Gasteiger partial charge in [0, 0.05) is 17.7 Å². The molecular weight excluding hydrogens is 334 g/mol. The Bertz CT molecular complexity index is 824. The molecule has 0 amide bonds. The average molecular weight is 353 g/mol. The van der Waals surface area contributed by atoms with Crippen LogP contribution in [0.1, 0.15) is 34.8 Å². The third-order valence-electron chi connectivity index (χ3n) is 3.69. The minimum Gasteiger partial charge on any atom is -0.454 e. The predicted octanol–water partition coefficient (Wildman–Crippen LogP) is 3.99. The molecule has 2 rings (SSSR count). The number of carbonyl (C=O) groups is 2. The molecule has 0 bridgehead atoms. The van der Waals surface area contributed by atoms with E-state index in [-0.39, 0.29) is 23.6 Å². The van der Waals surface area contributed by atoms with E-state index in [9.17, 15) is 19.7 Å². The maximum Gasteiger partial charge on any atom is 0.331 e. The van der Waals surface area contributed by atoms with Crippen LogP contribution < -0.4 is 0 Å². The van der Waals surface area contributed by atoms with Crippen molar-refractivity contribution in [3.8, 4) is 0 Å². The summed E-state index contributed by atoms with van der Waals surface area (Å²) in [5.41, 5.74) is 1.79. The third kappa shape index (κ3) is 5.37. The normalized spacial score (nSPS) is 10.7. The number of benzene rings is 2. The van der Waals surface area contributed by atoms with Gasteiger partial charge in [-0.05, 0) is 24.1 Å². The molecule has 2 aromatic rings. The number of nitro benzene ring substituents is 1. The minimum atomic E-state index is -0.737. The first-order valence-electron chi connectivity index (χ1n) is 8.21. The molecule has 2 aromatic carbocycles. The third-order valence-corrected chi connectivity index (χ3v) is 3.69. The summed E-state index contributed by atoms with van der Waals surface area (Å²) in [6.07, 6.45) is 4.33. The second-order valence-electron chi connectivity index (χ2n) is 5.63. The second kappa shape index (κ2) is 9.27. The molecule has 134 valence electrons. The molecule has 0 radical (unpaired) electrons. The van der Waals surface area contributed by atoms with Gasteiger partial charge < -0.3 is 4.74 Å². The summed E-state index contributed by atoms with van der Waals surface area (Å²) < 4.78 is 4.91. The fraction of sp³-hybridized carbons (Fsp3) is 0.200. The van der Waals surface area contributed by atoms with E-state index in [0.717, 1.165) is 24.5 Å². The zero-order valence-electron chi connectivity index (χ0n) is 14.4. The molecule has 26 heavy (non-hydrogen) atoms. The standard InChI is InChI=1S/C20H19NO5/c1-2-5-15-8-10-17(11-9-15)19(22)14-26-20(23)13-12-16-6-3-4-7-18(16)21(24)25/h3-4,6-13H,2,5,14H2,1H3/b13-12+. The van der Waals surface area contributed by atoms with Crippen molar-refractivity contribution in [2.45, 2.75) is 19.8 Å². The molecule has 0 atom stereocenters. The monoisotopic (exact) mass is 353 g/mol. The molecule has 6 nitrogen and oxygen atoms in total. The lowest BCUT2D eigenvalue weighted by molar-refractivity contribution is -0.385. The van der Waals surface area contributed by atoms with Gasteiger partial charge in [0.15, 0.2) is 12.4 Å². The highest BCUT2D eigenvalue weighted by molar-refractivity contribution is 5.99. The van der Waals surface area contributed by atoms with Crippen LogP contribution in [0.15, 0.2) is 54.6 Å². The summed E-state index contributed by atoms with van der Waals surface area (Å²) in [5.74, 6) is -1.04. The van der Waals surface area contributed by atoms with E-state index in [4.69, 9.17) is 4.74 Å². The van der Waals surface area contributed by atoms with Crippen molar-refractivity contribution in [3.05, 3.63) is 81.4 Å². The Morgan fingerprint density at radius 1 is 1.12 bits per heavy atom. The van der Waals surface area contributed by atoms with Gasteiger partial charge >= 0.3 is 5.97 Å². The Balaban J connectivity index is 1.92. The number of Topliss-reactive ketones (excluding diaryl/α,β-unsaturated/α-hetero) is 1. The van der Waals surface area contributed by atoms with Crippen molar-refractivity contribution in [2.75, 3.05) is 6.61 Å². The van der Waals surface area contributed by atoms with Crippen molar-refractivity contribution < 1.29 is 19.2 Å². The molecular formula is C20H19NO5. The molecule has 0 fully saturated rings. The number of ketones is 1. The van der Waals surface area contributed by atoms with E-state index >= 15 is 0 Å². The fourth-order valence-electron chi connectivity index (χ4n) is 2.37. The fourth-order valence-corrected chi connectivity index (χ4v) is 2.37. The Morgan fingerprint density at radius 3 is 2.46 bits per heavy atom. The summed E-state index contributed by atoms with van der Waals surface area (Å²) >= 11 is 0. The summed E-state index contributed by atoms with van der Waals surface area (Å²) in [6.45, 7) is 1.70. The van der Waals surface area contributed by atoms with Crippen LogP contribution in [-0.4, -0.2) is 23.3 Å². The number of nitro groups is 1. The smallest absolute Gasteiger partial charge is 0.331 e. The van der Waals surface area contributed by atoms with Gasteiger partial charge in [-0.2, -0.15) is 0 Å². The zero-order chi connectivity index (χ0) is 18.9. The van der Waals surface area contributed by atoms with E-state index < -0.39 is 10.9 Å². The summed E-state index contributed by atoms with van der Waals surface area (Å²) in [6, 6.07) is 13.2. The van der Waals surface area contributed by atoms with Gasteiger partial charge in [0.05, 0.1) is 10.5 Å². The number of ether oxygens (including phenoxy) is 1. The molecule has 0 spiro atoms. The van der Waals surface area contributed by atoms with Gasteiger partial charge in [0.1, 0.15) is 0 Å². The Morgan fingerprint density at radius 2 is 1.81 bits per heavy atom. The van der Waals surface area contributed by atoms with Gasteiger partial charge in [-0.25, -0.2) is 4.79 Å². The largest absolute Gasteiger partial charge is 0.454 e. The van der Waals surface area contributed by atoms with Gasteiger partial charge in [-0.15, -0.1) is 0 Å². The number of hydrogen-bond acceptors (Lipinski definition) is 5. The quantitative estimate of drug-likeness (QED) is 0.235. The van der Waals surface area contributed by atoms with Crippen molar-refractivity contribution in [1.82, 2.24) is 0 Å². The van der Waals surface area contributed by atoms with Gasteiger partial charge in [-0.3, -0.25) is 14.9 Å². The molecule has 0 heterocycles. The highest BCUT2D eigenvalue weighted by Gasteiger charge is 2.11. The highest BCUT2D eigenvalue weighted by atomic mass is 16.6. The molecule has 0 saturated carbocycles. The average Bonchev–Trinajstić information content (AvgIpc) is 2.65. The summed E-state index contributed by atoms with van der Waals surface area (Å²) in [5, 5.41) is 10.9. The molecule has 0 aliphatic heterocycles. The number of para-hydroxylation sites is 1. The summed E-state index contributed by atoms with van der Waals surface area (Å²) in [7, 11) is 0. The lowest BCUT2D eigenvalue weighted by Crippen LogP contribution is -2.12. The van der Waals surface area contributed by atoms with Crippen LogP contribution in [0.5, 0.6) is 0 Å². The molecule has 0 aliphatic carbocycles. The van der Waals surface area contributed by atoms with Crippen LogP contribution in [0, 0.1) is 10.1 Å².